The minimum atomic E-state index is -4.29. The van der Waals surface area contributed by atoms with Gasteiger partial charge in [0.2, 0.25) is 0 Å². The molecule has 0 radical (unpaired) electrons. The number of sulfonamides is 1. The molecule has 0 spiro atoms. The first-order chi connectivity index (χ1) is 18.7. The lowest BCUT2D eigenvalue weighted by Gasteiger charge is -2.13. The normalized spacial score (nSPS) is 11.1. The predicted molar refractivity (Wildman–Crippen MR) is 144 cm³/mol. The molecule has 0 atom stereocenters. The summed E-state index contributed by atoms with van der Waals surface area (Å²) in [6, 6.07) is 15.4. The van der Waals surface area contributed by atoms with Crippen molar-refractivity contribution in [1.29, 1.82) is 0 Å². The van der Waals surface area contributed by atoms with Crippen LogP contribution in [0.2, 0.25) is 0 Å². The first-order valence-corrected chi connectivity index (χ1v) is 13.9. The van der Waals surface area contributed by atoms with E-state index in [1.165, 1.54) is 36.4 Å². The topological polar surface area (TPSA) is 141 Å². The molecule has 2 aromatic carbocycles. The standard InChI is InChI=1S/C28H31N3O7S/c1-4-22(5-2)38-28(34)25-14-11-21(18-30-25)27(33)31-39(35,36)24-8-6-7-20(17-24)26(32)29-16-15-19-9-12-23(37-3)13-10-19/h6-14,17-18,22H,4-5,15-16H2,1-3H3,(H,29,32)(H,31,33). The van der Waals surface area contributed by atoms with Crippen molar-refractivity contribution in [2.75, 3.05) is 13.7 Å². The molecule has 0 aliphatic carbocycles. The summed E-state index contributed by atoms with van der Waals surface area (Å²) in [6.45, 7) is 4.14. The number of ether oxygens (including phenoxy) is 2. The van der Waals surface area contributed by atoms with E-state index in [4.69, 9.17) is 9.47 Å². The van der Waals surface area contributed by atoms with Crippen molar-refractivity contribution in [3.8, 4) is 5.75 Å². The van der Waals surface area contributed by atoms with E-state index in [9.17, 15) is 22.8 Å². The van der Waals surface area contributed by atoms with Crippen molar-refractivity contribution in [2.45, 2.75) is 44.1 Å². The van der Waals surface area contributed by atoms with Crippen LogP contribution in [0.15, 0.2) is 71.8 Å². The number of rotatable bonds is 12. The highest BCUT2D eigenvalue weighted by atomic mass is 32.2. The van der Waals surface area contributed by atoms with E-state index in [1.54, 1.807) is 7.11 Å². The molecule has 11 heteroatoms. The number of benzene rings is 2. The lowest BCUT2D eigenvalue weighted by atomic mass is 10.1. The van der Waals surface area contributed by atoms with E-state index in [0.717, 1.165) is 17.5 Å². The molecule has 0 saturated heterocycles. The Labute approximate surface area is 227 Å². The zero-order valence-corrected chi connectivity index (χ0v) is 22.8. The van der Waals surface area contributed by atoms with Gasteiger partial charge in [-0.15, -0.1) is 0 Å². The fourth-order valence-electron chi connectivity index (χ4n) is 3.58. The van der Waals surface area contributed by atoms with Crippen molar-refractivity contribution in [2.24, 2.45) is 0 Å². The van der Waals surface area contributed by atoms with Gasteiger partial charge in [-0.3, -0.25) is 9.59 Å². The number of nitrogens with zero attached hydrogens (tertiary/aromatic N) is 1. The van der Waals surface area contributed by atoms with Gasteiger partial charge < -0.3 is 14.8 Å². The number of esters is 1. The Morgan fingerprint density at radius 3 is 2.26 bits per heavy atom. The van der Waals surface area contributed by atoms with Crippen molar-refractivity contribution >= 4 is 27.8 Å². The monoisotopic (exact) mass is 553 g/mol. The molecule has 0 unspecified atom stereocenters. The van der Waals surface area contributed by atoms with Gasteiger partial charge in [0.25, 0.3) is 21.8 Å². The second-order valence-electron chi connectivity index (χ2n) is 8.59. The van der Waals surface area contributed by atoms with Crippen LogP contribution in [-0.2, 0) is 21.2 Å². The number of carbonyl (C=O) groups is 3. The van der Waals surface area contributed by atoms with E-state index in [1.807, 2.05) is 42.8 Å². The highest BCUT2D eigenvalue weighted by molar-refractivity contribution is 7.90. The average Bonchev–Trinajstić information content (AvgIpc) is 2.96. The van der Waals surface area contributed by atoms with Gasteiger partial charge in [0, 0.05) is 18.3 Å². The summed E-state index contributed by atoms with van der Waals surface area (Å²) in [7, 11) is -2.71. The highest BCUT2D eigenvalue weighted by Gasteiger charge is 2.21. The number of hydrogen-bond donors (Lipinski definition) is 2. The largest absolute Gasteiger partial charge is 0.497 e. The summed E-state index contributed by atoms with van der Waals surface area (Å²) in [6.07, 6.45) is 2.76. The van der Waals surface area contributed by atoms with E-state index in [-0.39, 0.29) is 27.8 Å². The van der Waals surface area contributed by atoms with Crippen molar-refractivity contribution in [3.05, 3.63) is 89.2 Å². The van der Waals surface area contributed by atoms with Crippen molar-refractivity contribution in [3.63, 3.8) is 0 Å². The molecule has 3 rings (SSSR count). The third kappa shape index (κ3) is 8.11. The number of amides is 2. The van der Waals surface area contributed by atoms with Gasteiger partial charge in [-0.25, -0.2) is 22.9 Å². The number of pyridine rings is 1. The molecule has 39 heavy (non-hydrogen) atoms. The Hall–Kier alpha value is -4.25. The lowest BCUT2D eigenvalue weighted by molar-refractivity contribution is 0.0277. The van der Waals surface area contributed by atoms with E-state index in [0.29, 0.717) is 25.8 Å². The molecule has 0 saturated carbocycles. The summed E-state index contributed by atoms with van der Waals surface area (Å²) < 4.78 is 38.1. The van der Waals surface area contributed by atoms with Crippen molar-refractivity contribution < 1.29 is 32.3 Å². The molecule has 0 bridgehead atoms. The van der Waals surface area contributed by atoms with E-state index >= 15 is 0 Å². The number of methoxy groups -OCH3 is 1. The molecular formula is C28H31N3O7S. The Morgan fingerprint density at radius 1 is 0.923 bits per heavy atom. The number of carbonyl (C=O) groups excluding carboxylic acids is 3. The summed E-state index contributed by atoms with van der Waals surface area (Å²) in [5, 5.41) is 2.76. The maximum Gasteiger partial charge on any atom is 0.357 e. The first kappa shape index (κ1) is 29.3. The van der Waals surface area contributed by atoms with Crippen LogP contribution < -0.4 is 14.8 Å². The maximum atomic E-state index is 12.8. The molecule has 206 valence electrons. The lowest BCUT2D eigenvalue weighted by Crippen LogP contribution is -2.31. The summed E-state index contributed by atoms with van der Waals surface area (Å²) in [5.74, 6) is -1.27. The van der Waals surface area contributed by atoms with Gasteiger partial charge in [0.1, 0.15) is 17.5 Å². The molecular weight excluding hydrogens is 522 g/mol. The van der Waals surface area contributed by atoms with Crippen LogP contribution in [0.5, 0.6) is 5.75 Å². The summed E-state index contributed by atoms with van der Waals surface area (Å²) >= 11 is 0. The SMILES string of the molecule is CCC(CC)OC(=O)c1ccc(C(=O)NS(=O)(=O)c2cccc(C(=O)NCCc3ccc(OC)cc3)c2)cn1. The van der Waals surface area contributed by atoms with E-state index < -0.39 is 27.8 Å². The van der Waals surface area contributed by atoms with Gasteiger partial charge >= 0.3 is 5.97 Å². The van der Waals surface area contributed by atoms with Crippen LogP contribution in [0, 0.1) is 0 Å². The van der Waals surface area contributed by atoms with Crippen LogP contribution in [-0.4, -0.2) is 50.9 Å². The minimum Gasteiger partial charge on any atom is -0.497 e. The smallest absolute Gasteiger partial charge is 0.357 e. The molecule has 2 amide bonds. The van der Waals surface area contributed by atoms with Gasteiger partial charge in [0.15, 0.2) is 0 Å². The Morgan fingerprint density at radius 2 is 1.64 bits per heavy atom. The predicted octanol–water partition coefficient (Wildman–Crippen LogP) is 3.53. The number of hydrogen-bond acceptors (Lipinski definition) is 8. The molecule has 0 aliphatic heterocycles. The van der Waals surface area contributed by atoms with Crippen LogP contribution in [0.1, 0.15) is 63.5 Å². The second-order valence-corrected chi connectivity index (χ2v) is 10.3. The molecule has 0 fully saturated rings. The number of aromatic nitrogens is 1. The van der Waals surface area contributed by atoms with Crippen LogP contribution >= 0.6 is 0 Å². The quantitative estimate of drug-likeness (QED) is 0.325. The second kappa shape index (κ2) is 13.5. The Balaban J connectivity index is 1.60. The molecule has 3 aromatic rings. The maximum absolute atomic E-state index is 12.8. The first-order valence-electron chi connectivity index (χ1n) is 12.4. The fourth-order valence-corrected chi connectivity index (χ4v) is 4.59. The highest BCUT2D eigenvalue weighted by Crippen LogP contribution is 2.14. The molecule has 1 aromatic heterocycles. The zero-order valence-electron chi connectivity index (χ0n) is 22.0. The van der Waals surface area contributed by atoms with E-state index in [2.05, 4.69) is 10.3 Å². The van der Waals surface area contributed by atoms with Crippen LogP contribution in [0.4, 0.5) is 0 Å². The van der Waals surface area contributed by atoms with Gasteiger partial charge in [-0.1, -0.05) is 32.0 Å². The van der Waals surface area contributed by atoms with Crippen LogP contribution in [0.25, 0.3) is 0 Å². The van der Waals surface area contributed by atoms with Gasteiger partial charge in [-0.2, -0.15) is 0 Å². The van der Waals surface area contributed by atoms with Gasteiger partial charge in [0.05, 0.1) is 17.6 Å². The molecule has 10 nitrogen and oxygen atoms in total. The third-order valence-corrected chi connectivity index (χ3v) is 7.24. The van der Waals surface area contributed by atoms with Crippen LogP contribution in [0.3, 0.4) is 0 Å². The minimum absolute atomic E-state index is 0.00649. The summed E-state index contributed by atoms with van der Waals surface area (Å²) in [4.78, 5) is 41.1. The van der Waals surface area contributed by atoms with Gasteiger partial charge in [-0.05, 0) is 67.3 Å². The average molecular weight is 554 g/mol. The summed E-state index contributed by atoms with van der Waals surface area (Å²) in [5.41, 5.74) is 1.07. The Kier molecular flexibility index (Phi) is 10.2. The van der Waals surface area contributed by atoms with Crippen molar-refractivity contribution in [1.82, 2.24) is 15.0 Å². The molecule has 1 heterocycles. The third-order valence-electron chi connectivity index (χ3n) is 5.91. The zero-order chi connectivity index (χ0) is 28.4. The molecule has 2 N–H and O–H groups in total. The molecule has 0 aliphatic rings. The Bertz CT molecular complexity index is 1400. The number of nitrogens with one attached hydrogen (secondary N) is 2. The fraction of sp³-hybridized carbons (Fsp3) is 0.286.